The molecule has 0 fully saturated rings. The molecule has 0 saturated carbocycles. The van der Waals surface area contributed by atoms with Crippen LogP contribution in [0.1, 0.15) is 29.4 Å². The molecule has 10 nitrogen and oxygen atoms in total. The van der Waals surface area contributed by atoms with Gasteiger partial charge in [-0.15, -0.1) is 10.2 Å². The van der Waals surface area contributed by atoms with E-state index in [9.17, 15) is 14.0 Å². The molecule has 0 aliphatic carbocycles. The first-order valence-corrected chi connectivity index (χ1v) is 15.8. The van der Waals surface area contributed by atoms with Gasteiger partial charge in [0.2, 0.25) is 0 Å². The largest absolute Gasteiger partial charge is 0.497 e. The lowest BCUT2D eigenvalue weighted by molar-refractivity contribution is -0.130. The number of ether oxygens (including phenoxy) is 2. The molecule has 0 saturated heterocycles. The Morgan fingerprint density at radius 1 is 0.894 bits per heavy atom. The summed E-state index contributed by atoms with van der Waals surface area (Å²) in [5, 5.41) is 18.2. The van der Waals surface area contributed by atoms with Crippen LogP contribution in [0.5, 0.6) is 11.5 Å². The van der Waals surface area contributed by atoms with Gasteiger partial charge in [0.05, 0.1) is 31.2 Å². The van der Waals surface area contributed by atoms with Gasteiger partial charge >= 0.3 is 0 Å². The Balaban J connectivity index is 1.18. The lowest BCUT2D eigenvalue weighted by atomic mass is 9.98. The van der Waals surface area contributed by atoms with Gasteiger partial charge in [0.25, 0.3) is 11.8 Å². The van der Waals surface area contributed by atoms with Crippen molar-refractivity contribution in [1.82, 2.24) is 25.1 Å². The number of thioether (sulfide) groups is 1. The molecule has 238 valence electrons. The number of amides is 2. The van der Waals surface area contributed by atoms with E-state index < -0.39 is 6.04 Å². The summed E-state index contributed by atoms with van der Waals surface area (Å²) in [5.41, 5.74) is 3.16. The Morgan fingerprint density at radius 2 is 1.60 bits per heavy atom. The zero-order valence-electron chi connectivity index (χ0n) is 25.5. The maximum Gasteiger partial charge on any atom is 0.258 e. The molecule has 12 heteroatoms. The van der Waals surface area contributed by atoms with Gasteiger partial charge in [-0.05, 0) is 71.8 Å². The normalized spacial score (nSPS) is 14.0. The van der Waals surface area contributed by atoms with Gasteiger partial charge in [-0.1, -0.05) is 60.3 Å². The number of aromatic nitrogens is 3. The zero-order valence-corrected chi connectivity index (χ0v) is 26.3. The molecule has 1 N–H and O–H groups in total. The zero-order chi connectivity index (χ0) is 32.6. The van der Waals surface area contributed by atoms with Crippen molar-refractivity contribution in [1.29, 1.82) is 0 Å². The van der Waals surface area contributed by atoms with E-state index >= 15 is 0 Å². The number of benzene rings is 4. The lowest BCUT2D eigenvalue weighted by Crippen LogP contribution is -2.29. The number of hydrogen-bond acceptors (Lipinski definition) is 8. The lowest BCUT2D eigenvalue weighted by Gasteiger charge is -2.22. The molecule has 0 spiro atoms. The van der Waals surface area contributed by atoms with Crippen LogP contribution in [0.3, 0.4) is 0 Å². The number of hydrazone groups is 1. The van der Waals surface area contributed by atoms with Gasteiger partial charge in [-0.3, -0.25) is 14.2 Å². The molecule has 1 aliphatic rings. The molecular formula is C35H31FN6O4S. The van der Waals surface area contributed by atoms with Gasteiger partial charge in [-0.2, -0.15) is 5.10 Å². The fourth-order valence-corrected chi connectivity index (χ4v) is 5.90. The molecule has 2 amide bonds. The number of nitrogens with zero attached hydrogens (tertiary/aromatic N) is 5. The topological polar surface area (TPSA) is 111 Å². The van der Waals surface area contributed by atoms with Gasteiger partial charge in [0.15, 0.2) is 17.6 Å². The Hall–Kier alpha value is -5.49. The van der Waals surface area contributed by atoms with E-state index in [-0.39, 0.29) is 36.5 Å². The van der Waals surface area contributed by atoms with Crippen LogP contribution in [0.15, 0.2) is 119 Å². The highest BCUT2D eigenvalue weighted by molar-refractivity contribution is 7.99. The first kappa shape index (κ1) is 31.5. The average Bonchev–Trinajstić information content (AvgIpc) is 3.75. The Labute approximate surface area is 275 Å². The maximum absolute atomic E-state index is 13.8. The third-order valence-electron chi connectivity index (χ3n) is 7.44. The number of rotatable bonds is 12. The Morgan fingerprint density at radius 3 is 2.30 bits per heavy atom. The van der Waals surface area contributed by atoms with Crippen molar-refractivity contribution in [2.24, 2.45) is 5.10 Å². The van der Waals surface area contributed by atoms with Crippen molar-refractivity contribution in [2.75, 3.05) is 19.5 Å². The minimum atomic E-state index is -0.406. The van der Waals surface area contributed by atoms with E-state index in [2.05, 4.69) is 15.5 Å². The van der Waals surface area contributed by atoms with E-state index in [1.807, 2.05) is 77.4 Å². The Bertz CT molecular complexity index is 1850. The highest BCUT2D eigenvalue weighted by Gasteiger charge is 2.33. The van der Waals surface area contributed by atoms with Crippen LogP contribution in [0.2, 0.25) is 0 Å². The van der Waals surface area contributed by atoms with Crippen LogP contribution in [-0.4, -0.2) is 56.8 Å². The van der Waals surface area contributed by atoms with Crippen LogP contribution < -0.4 is 14.8 Å². The average molecular weight is 651 g/mol. The SMILES string of the molecule is COc1ccc(C2=NN(C(=O)CSc3nnc(CNC(=O)COc4ccccc4)n3-c3ccccc3)[C@H](c3ccc(F)cc3)C2)cc1. The molecule has 47 heavy (non-hydrogen) atoms. The smallest absolute Gasteiger partial charge is 0.258 e. The monoisotopic (exact) mass is 650 g/mol. The number of halogens is 1. The van der Waals surface area contributed by atoms with E-state index in [1.165, 1.54) is 28.9 Å². The summed E-state index contributed by atoms with van der Waals surface area (Å²) in [6.45, 7) is -0.0502. The van der Waals surface area contributed by atoms with Crippen molar-refractivity contribution in [3.8, 4) is 17.2 Å². The first-order chi connectivity index (χ1) is 23.0. The van der Waals surface area contributed by atoms with E-state index in [4.69, 9.17) is 14.6 Å². The van der Waals surface area contributed by atoms with Gasteiger partial charge in [0, 0.05) is 12.1 Å². The summed E-state index contributed by atoms with van der Waals surface area (Å²) in [4.78, 5) is 26.3. The summed E-state index contributed by atoms with van der Waals surface area (Å²) >= 11 is 1.22. The summed E-state index contributed by atoms with van der Waals surface area (Å²) < 4.78 is 26.4. The van der Waals surface area contributed by atoms with Crippen molar-refractivity contribution >= 4 is 29.3 Å². The summed E-state index contributed by atoms with van der Waals surface area (Å²) in [5.74, 6) is 0.902. The van der Waals surface area contributed by atoms with E-state index in [0.29, 0.717) is 28.9 Å². The quantitative estimate of drug-likeness (QED) is 0.176. The third kappa shape index (κ3) is 7.67. The van der Waals surface area contributed by atoms with Gasteiger partial charge in [0.1, 0.15) is 17.3 Å². The van der Waals surface area contributed by atoms with Crippen LogP contribution >= 0.6 is 11.8 Å². The van der Waals surface area contributed by atoms with E-state index in [0.717, 1.165) is 22.5 Å². The number of nitrogens with one attached hydrogen (secondary N) is 1. The van der Waals surface area contributed by atoms with Crippen molar-refractivity contribution in [3.63, 3.8) is 0 Å². The number of carbonyl (C=O) groups is 2. The molecule has 5 aromatic rings. The highest BCUT2D eigenvalue weighted by Crippen LogP contribution is 2.34. The molecule has 0 unspecified atom stereocenters. The second kappa shape index (κ2) is 14.7. The molecule has 2 heterocycles. The summed E-state index contributed by atoms with van der Waals surface area (Å²) in [6.07, 6.45) is 0.465. The van der Waals surface area contributed by atoms with E-state index in [1.54, 1.807) is 31.4 Å². The molecule has 0 bridgehead atoms. The van der Waals surface area contributed by atoms with Crippen LogP contribution in [0, 0.1) is 5.82 Å². The van der Waals surface area contributed by atoms with Crippen molar-refractivity contribution < 1.29 is 23.5 Å². The highest BCUT2D eigenvalue weighted by atomic mass is 32.2. The van der Waals surface area contributed by atoms with Crippen molar-refractivity contribution in [3.05, 3.63) is 132 Å². The molecule has 4 aromatic carbocycles. The van der Waals surface area contributed by atoms with Gasteiger partial charge < -0.3 is 14.8 Å². The predicted octanol–water partition coefficient (Wildman–Crippen LogP) is 5.58. The minimum absolute atomic E-state index is 0.0132. The molecule has 1 aromatic heterocycles. The first-order valence-electron chi connectivity index (χ1n) is 14.8. The molecular weight excluding hydrogens is 619 g/mol. The fraction of sp³-hybridized carbons (Fsp3) is 0.171. The molecule has 6 rings (SSSR count). The van der Waals surface area contributed by atoms with Crippen LogP contribution in [-0.2, 0) is 16.1 Å². The fourth-order valence-electron chi connectivity index (χ4n) is 5.07. The van der Waals surface area contributed by atoms with Crippen LogP contribution in [0.4, 0.5) is 4.39 Å². The number of carbonyl (C=O) groups excluding carboxylic acids is 2. The van der Waals surface area contributed by atoms with Crippen LogP contribution in [0.25, 0.3) is 5.69 Å². The number of hydrogen-bond donors (Lipinski definition) is 1. The molecule has 1 aliphatic heterocycles. The number of para-hydroxylation sites is 2. The Kier molecular flexibility index (Phi) is 9.87. The standard InChI is InChI=1S/C35H31FN6O4S/c1-45-28-18-14-24(15-19-28)30-20-31(25-12-16-26(36)17-13-25)42(40-30)34(44)23-47-35-39-38-32(41(35)27-8-4-2-5-9-27)21-37-33(43)22-46-29-10-6-3-7-11-29/h2-19,31H,20-23H2,1H3,(H,37,43)/t31-/m0/s1. The van der Waals surface area contributed by atoms with Crippen molar-refractivity contribution in [2.45, 2.75) is 24.2 Å². The van der Waals surface area contributed by atoms with Gasteiger partial charge in [-0.25, -0.2) is 9.40 Å². The molecule has 1 atom stereocenters. The molecule has 0 radical (unpaired) electrons. The minimum Gasteiger partial charge on any atom is -0.497 e. The number of methoxy groups -OCH3 is 1. The third-order valence-corrected chi connectivity index (χ3v) is 8.35. The summed E-state index contributed by atoms with van der Waals surface area (Å²) in [6, 6.07) is 31.8. The second-order valence-corrected chi connectivity index (χ2v) is 11.5. The predicted molar refractivity (Wildman–Crippen MR) is 176 cm³/mol. The summed E-state index contributed by atoms with van der Waals surface area (Å²) in [7, 11) is 1.60. The second-order valence-electron chi connectivity index (χ2n) is 10.5. The maximum atomic E-state index is 13.8.